The zero-order valence-corrected chi connectivity index (χ0v) is 21.6. The van der Waals surface area contributed by atoms with Gasteiger partial charge in [0.25, 0.3) is 5.91 Å². The number of aromatic hydroxyl groups is 1. The van der Waals surface area contributed by atoms with Crippen molar-refractivity contribution >= 4 is 11.8 Å². The van der Waals surface area contributed by atoms with Gasteiger partial charge >= 0.3 is 6.18 Å². The summed E-state index contributed by atoms with van der Waals surface area (Å²) >= 11 is 0. The fourth-order valence-corrected chi connectivity index (χ4v) is 5.75. The maximum absolute atomic E-state index is 13.1. The smallest absolute Gasteiger partial charge is 0.416 e. The van der Waals surface area contributed by atoms with Crippen LogP contribution < -0.4 is 16.0 Å². The van der Waals surface area contributed by atoms with Crippen LogP contribution in [0.5, 0.6) is 5.75 Å². The molecule has 2 amide bonds. The van der Waals surface area contributed by atoms with Gasteiger partial charge < -0.3 is 30.9 Å². The molecule has 2 aromatic rings. The molecule has 0 radical (unpaired) electrons. The highest BCUT2D eigenvalue weighted by atomic mass is 19.4. The number of hydrogen-bond donors (Lipinski definition) is 5. The molecule has 2 heterocycles. The molecule has 2 fully saturated rings. The van der Waals surface area contributed by atoms with Crippen molar-refractivity contribution in [2.75, 3.05) is 26.2 Å². The number of benzene rings is 1. The maximum atomic E-state index is 13.1. The molecule has 1 aliphatic heterocycles. The number of amides is 2. The van der Waals surface area contributed by atoms with Gasteiger partial charge in [-0.3, -0.25) is 14.6 Å². The van der Waals surface area contributed by atoms with E-state index in [2.05, 4.69) is 20.9 Å². The second-order valence-corrected chi connectivity index (χ2v) is 10.1. The van der Waals surface area contributed by atoms with Gasteiger partial charge in [-0.2, -0.15) is 13.2 Å². The first-order chi connectivity index (χ1) is 18.5. The van der Waals surface area contributed by atoms with Crippen molar-refractivity contribution in [3.05, 3.63) is 59.4 Å². The van der Waals surface area contributed by atoms with E-state index in [0.717, 1.165) is 18.2 Å². The fourth-order valence-electron chi connectivity index (χ4n) is 5.75. The van der Waals surface area contributed by atoms with Gasteiger partial charge in [0.2, 0.25) is 5.91 Å². The van der Waals surface area contributed by atoms with Crippen LogP contribution in [0.25, 0.3) is 0 Å². The molecule has 9 nitrogen and oxygen atoms in total. The van der Waals surface area contributed by atoms with E-state index >= 15 is 0 Å². The van der Waals surface area contributed by atoms with E-state index in [0.29, 0.717) is 45.4 Å². The Kier molecular flexibility index (Phi) is 8.48. The molecule has 2 aliphatic rings. The quantitative estimate of drug-likeness (QED) is 0.341. The maximum Gasteiger partial charge on any atom is 0.416 e. The van der Waals surface area contributed by atoms with Crippen molar-refractivity contribution in [2.45, 2.75) is 56.0 Å². The van der Waals surface area contributed by atoms with Crippen LogP contribution in [0.3, 0.4) is 0 Å². The molecule has 0 spiro atoms. The minimum Gasteiger partial charge on any atom is -0.506 e. The number of pyridine rings is 1. The first-order valence-corrected chi connectivity index (χ1v) is 12.9. The molecule has 0 unspecified atom stereocenters. The number of hydrogen-bond acceptors (Lipinski definition) is 7. The second kappa shape index (κ2) is 11.5. The summed E-state index contributed by atoms with van der Waals surface area (Å²) in [5, 5.41) is 30.2. The van der Waals surface area contributed by atoms with E-state index in [4.69, 9.17) is 4.74 Å². The Bertz CT molecular complexity index is 1190. The summed E-state index contributed by atoms with van der Waals surface area (Å²) in [6.07, 6.45) is -1.81. The van der Waals surface area contributed by atoms with Crippen LogP contribution in [0.1, 0.15) is 54.2 Å². The van der Waals surface area contributed by atoms with Gasteiger partial charge in [0.05, 0.1) is 23.8 Å². The molecule has 2 atom stereocenters. The van der Waals surface area contributed by atoms with Crippen LogP contribution in [0.4, 0.5) is 13.2 Å². The summed E-state index contributed by atoms with van der Waals surface area (Å²) in [6.45, 7) is 2.72. The Hall–Kier alpha value is -3.22. The number of ether oxygens (including phenoxy) is 1. The van der Waals surface area contributed by atoms with Crippen LogP contribution in [0.2, 0.25) is 0 Å². The van der Waals surface area contributed by atoms with Gasteiger partial charge in [-0.1, -0.05) is 6.07 Å². The van der Waals surface area contributed by atoms with Gasteiger partial charge in [-0.05, 0) is 68.9 Å². The Labute approximate surface area is 224 Å². The van der Waals surface area contributed by atoms with Gasteiger partial charge in [0.15, 0.2) is 0 Å². The van der Waals surface area contributed by atoms with E-state index in [9.17, 15) is 33.0 Å². The average molecular weight is 551 g/mol. The zero-order valence-electron chi connectivity index (χ0n) is 21.6. The summed E-state index contributed by atoms with van der Waals surface area (Å²) in [5.74, 6) is -1.48. The number of halogens is 3. The monoisotopic (exact) mass is 550 g/mol. The molecular formula is C27H33F3N4O5. The number of carbonyl (C=O) groups is 2. The van der Waals surface area contributed by atoms with Crippen LogP contribution in [-0.4, -0.2) is 64.9 Å². The number of aromatic nitrogens is 1. The first kappa shape index (κ1) is 28.8. The predicted octanol–water partition coefficient (Wildman–Crippen LogP) is 2.48. The summed E-state index contributed by atoms with van der Waals surface area (Å²) < 4.78 is 45.0. The Morgan fingerprint density at radius 3 is 2.62 bits per heavy atom. The Morgan fingerprint density at radius 1 is 1.21 bits per heavy atom. The molecule has 4 rings (SSSR count). The van der Waals surface area contributed by atoms with Crippen molar-refractivity contribution in [2.24, 2.45) is 5.92 Å². The minimum absolute atomic E-state index is 0.0762. The lowest BCUT2D eigenvalue weighted by atomic mass is 9.67. The van der Waals surface area contributed by atoms with Gasteiger partial charge in [-0.25, -0.2) is 0 Å². The molecule has 1 saturated carbocycles. The van der Waals surface area contributed by atoms with Gasteiger partial charge in [0, 0.05) is 31.5 Å². The van der Waals surface area contributed by atoms with Crippen molar-refractivity contribution in [1.82, 2.24) is 20.9 Å². The third-order valence-electron chi connectivity index (χ3n) is 7.69. The lowest BCUT2D eigenvalue weighted by Crippen LogP contribution is -2.64. The number of nitrogens with one attached hydrogen (secondary N) is 3. The lowest BCUT2D eigenvalue weighted by Gasteiger charge is -2.46. The zero-order chi connectivity index (χ0) is 28.3. The Balaban J connectivity index is 1.45. The highest BCUT2D eigenvalue weighted by molar-refractivity contribution is 5.96. The van der Waals surface area contributed by atoms with Gasteiger partial charge in [0.1, 0.15) is 17.0 Å². The van der Waals surface area contributed by atoms with E-state index in [1.165, 1.54) is 18.3 Å². The number of alkyl halides is 3. The largest absolute Gasteiger partial charge is 0.506 e. The summed E-state index contributed by atoms with van der Waals surface area (Å²) in [4.78, 5) is 29.8. The van der Waals surface area contributed by atoms with E-state index in [1.54, 1.807) is 6.07 Å². The molecular weight excluding hydrogens is 517 g/mol. The number of carbonyl (C=O) groups excluding carboxylic acids is 2. The molecule has 1 aromatic carbocycles. The molecule has 1 aliphatic carbocycles. The topological polar surface area (TPSA) is 133 Å². The molecule has 1 saturated heterocycles. The standard InChI is InChI=1S/C27H33F3N4O5/c1-2-39-21-14-31-16-26(21,18-8-10-25(38,11-9-18)23-20(35)7-4-12-32-23)34-22(36)15-33-24(37)17-5-3-6-19(13-17)27(28,29)30/h3-7,12-13,18,21,31,35,38H,2,8-11,14-16H2,1H3,(H,33,37)(H,34,36)/t18?,21-,25?,26+/m0/s1. The summed E-state index contributed by atoms with van der Waals surface area (Å²) in [5.41, 5.74) is -3.07. The molecule has 1 aromatic heterocycles. The van der Waals surface area contributed by atoms with Crippen LogP contribution in [-0.2, 0) is 21.3 Å². The molecule has 12 heteroatoms. The SMILES string of the molecule is CCO[C@H]1CNC[C@@]1(NC(=O)CNC(=O)c1cccc(C(F)(F)F)c1)C1CCC(O)(c2ncccc2O)CC1. The Morgan fingerprint density at radius 2 is 1.95 bits per heavy atom. The highest BCUT2D eigenvalue weighted by Gasteiger charge is 2.53. The number of rotatable bonds is 8. The minimum atomic E-state index is -4.59. The third kappa shape index (κ3) is 6.18. The summed E-state index contributed by atoms with van der Waals surface area (Å²) in [7, 11) is 0. The second-order valence-electron chi connectivity index (χ2n) is 10.1. The molecule has 5 N–H and O–H groups in total. The molecule has 212 valence electrons. The van der Waals surface area contributed by atoms with Crippen LogP contribution in [0, 0.1) is 5.92 Å². The van der Waals surface area contributed by atoms with Crippen LogP contribution >= 0.6 is 0 Å². The van der Waals surface area contributed by atoms with E-state index in [1.807, 2.05) is 6.92 Å². The lowest BCUT2D eigenvalue weighted by molar-refractivity contribution is -0.137. The van der Waals surface area contributed by atoms with Crippen molar-refractivity contribution in [3.8, 4) is 5.75 Å². The van der Waals surface area contributed by atoms with E-state index in [-0.39, 0.29) is 29.0 Å². The number of aliphatic hydroxyl groups is 1. The molecule has 0 bridgehead atoms. The van der Waals surface area contributed by atoms with E-state index < -0.39 is 41.2 Å². The van der Waals surface area contributed by atoms with Crippen LogP contribution in [0.15, 0.2) is 42.6 Å². The highest BCUT2D eigenvalue weighted by Crippen LogP contribution is 2.46. The first-order valence-electron chi connectivity index (χ1n) is 12.9. The number of nitrogens with zero attached hydrogens (tertiary/aromatic N) is 1. The fraction of sp³-hybridized carbons (Fsp3) is 0.519. The molecule has 39 heavy (non-hydrogen) atoms. The summed E-state index contributed by atoms with van der Waals surface area (Å²) in [6, 6.07) is 7.06. The van der Waals surface area contributed by atoms with Gasteiger partial charge in [-0.15, -0.1) is 0 Å². The van der Waals surface area contributed by atoms with Crippen molar-refractivity contribution in [1.29, 1.82) is 0 Å². The normalized spacial score (nSPS) is 27.2. The van der Waals surface area contributed by atoms with Crippen molar-refractivity contribution < 1.29 is 37.7 Å². The van der Waals surface area contributed by atoms with Crippen molar-refractivity contribution in [3.63, 3.8) is 0 Å². The third-order valence-corrected chi connectivity index (χ3v) is 7.69. The average Bonchev–Trinajstić information content (AvgIpc) is 3.30. The predicted molar refractivity (Wildman–Crippen MR) is 135 cm³/mol.